The van der Waals surface area contributed by atoms with Crippen LogP contribution >= 0.6 is 0 Å². The molecule has 1 unspecified atom stereocenters. The Kier molecular flexibility index (Phi) is 4.18. The molecule has 5 nitrogen and oxygen atoms in total. The Balaban J connectivity index is 2.41. The summed E-state index contributed by atoms with van der Waals surface area (Å²) in [6.07, 6.45) is 5.22. The molecular weight excluding hydrogens is 254 g/mol. The van der Waals surface area contributed by atoms with E-state index in [0.717, 1.165) is 37.2 Å². The van der Waals surface area contributed by atoms with Gasteiger partial charge in [0.15, 0.2) is 0 Å². The summed E-state index contributed by atoms with van der Waals surface area (Å²) < 4.78 is 1.73. The second-order valence-electron chi connectivity index (χ2n) is 6.69. The highest BCUT2D eigenvalue weighted by Gasteiger charge is 2.34. The van der Waals surface area contributed by atoms with E-state index in [1.54, 1.807) is 4.68 Å². The van der Waals surface area contributed by atoms with Crippen molar-refractivity contribution in [3.63, 3.8) is 0 Å². The molecule has 1 aliphatic rings. The molecule has 2 heterocycles. The van der Waals surface area contributed by atoms with E-state index in [0.29, 0.717) is 0 Å². The van der Waals surface area contributed by atoms with E-state index in [1.165, 1.54) is 6.42 Å². The topological polar surface area (TPSA) is 58.4 Å². The van der Waals surface area contributed by atoms with E-state index in [9.17, 15) is 9.90 Å². The first kappa shape index (κ1) is 15.0. The standard InChI is InChI=1S/C15H25N3O2/c1-15(2,3)13-11(10-17(4)16-13)12(14(19)20)18-8-6-5-7-9-18/h10,12H,5-9H2,1-4H3,(H,19,20). The van der Waals surface area contributed by atoms with Crippen molar-refractivity contribution in [1.29, 1.82) is 0 Å². The maximum absolute atomic E-state index is 11.8. The monoisotopic (exact) mass is 279 g/mol. The van der Waals surface area contributed by atoms with Gasteiger partial charge in [-0.1, -0.05) is 27.2 Å². The zero-order valence-corrected chi connectivity index (χ0v) is 12.9. The smallest absolute Gasteiger partial charge is 0.325 e. The minimum absolute atomic E-state index is 0.153. The molecule has 2 rings (SSSR count). The van der Waals surface area contributed by atoms with Crippen molar-refractivity contribution in [2.45, 2.75) is 51.5 Å². The molecule has 0 aliphatic carbocycles. The Morgan fingerprint density at radius 1 is 1.30 bits per heavy atom. The lowest BCUT2D eigenvalue weighted by Gasteiger charge is -2.33. The zero-order chi connectivity index (χ0) is 14.9. The lowest BCUT2D eigenvalue weighted by atomic mass is 9.87. The van der Waals surface area contributed by atoms with Gasteiger partial charge in [-0.25, -0.2) is 0 Å². The van der Waals surface area contributed by atoms with Crippen LogP contribution in [0.5, 0.6) is 0 Å². The van der Waals surface area contributed by atoms with Crippen molar-refractivity contribution < 1.29 is 9.90 Å². The molecule has 0 spiro atoms. The predicted molar refractivity (Wildman–Crippen MR) is 77.7 cm³/mol. The van der Waals surface area contributed by atoms with Gasteiger partial charge in [-0.05, 0) is 25.9 Å². The van der Waals surface area contributed by atoms with Gasteiger partial charge in [-0.3, -0.25) is 14.4 Å². The van der Waals surface area contributed by atoms with Gasteiger partial charge in [0, 0.05) is 24.2 Å². The van der Waals surface area contributed by atoms with Gasteiger partial charge < -0.3 is 5.11 Å². The summed E-state index contributed by atoms with van der Waals surface area (Å²) in [4.78, 5) is 13.9. The van der Waals surface area contributed by atoms with Crippen LogP contribution in [0.1, 0.15) is 57.3 Å². The summed E-state index contributed by atoms with van der Waals surface area (Å²) in [5.41, 5.74) is 1.58. The summed E-state index contributed by atoms with van der Waals surface area (Å²) in [6.45, 7) is 7.95. The number of carboxylic acid groups (broad SMARTS) is 1. The summed E-state index contributed by atoms with van der Waals surface area (Å²) in [5, 5.41) is 14.2. The number of aliphatic carboxylic acids is 1. The van der Waals surface area contributed by atoms with E-state index in [-0.39, 0.29) is 5.41 Å². The van der Waals surface area contributed by atoms with Gasteiger partial charge in [-0.2, -0.15) is 5.10 Å². The average Bonchev–Trinajstić information content (AvgIpc) is 2.72. The van der Waals surface area contributed by atoms with Gasteiger partial charge >= 0.3 is 5.97 Å². The fraction of sp³-hybridized carbons (Fsp3) is 0.733. The molecule has 112 valence electrons. The Labute approximate surface area is 120 Å². The largest absolute Gasteiger partial charge is 0.480 e. The first-order chi connectivity index (χ1) is 9.30. The summed E-state index contributed by atoms with van der Waals surface area (Å²) in [7, 11) is 1.86. The van der Waals surface area contributed by atoms with Gasteiger partial charge in [-0.15, -0.1) is 0 Å². The third-order valence-corrected chi connectivity index (χ3v) is 3.85. The van der Waals surface area contributed by atoms with E-state index in [4.69, 9.17) is 0 Å². The highest BCUT2D eigenvalue weighted by molar-refractivity contribution is 5.76. The Morgan fingerprint density at radius 3 is 2.40 bits per heavy atom. The molecule has 0 amide bonds. The Morgan fingerprint density at radius 2 is 1.90 bits per heavy atom. The number of carboxylic acids is 1. The maximum atomic E-state index is 11.8. The second-order valence-corrected chi connectivity index (χ2v) is 6.69. The maximum Gasteiger partial charge on any atom is 0.325 e. The molecule has 1 aromatic rings. The van der Waals surface area contributed by atoms with Crippen LogP contribution in [0.25, 0.3) is 0 Å². The molecule has 1 saturated heterocycles. The van der Waals surface area contributed by atoms with Crippen LogP contribution in [0, 0.1) is 0 Å². The molecule has 1 aromatic heterocycles. The lowest BCUT2D eigenvalue weighted by molar-refractivity contribution is -0.144. The molecule has 0 aromatic carbocycles. The Bertz CT molecular complexity index is 482. The number of hydrogen-bond donors (Lipinski definition) is 1. The fourth-order valence-electron chi connectivity index (χ4n) is 2.95. The SMILES string of the molecule is Cn1cc(C(C(=O)O)N2CCCCC2)c(C(C)(C)C)n1. The number of aromatic nitrogens is 2. The van der Waals surface area contributed by atoms with Crippen LogP contribution in [0.15, 0.2) is 6.20 Å². The van der Waals surface area contributed by atoms with E-state index in [2.05, 4.69) is 30.8 Å². The molecule has 0 bridgehead atoms. The quantitative estimate of drug-likeness (QED) is 0.922. The minimum Gasteiger partial charge on any atom is -0.480 e. The summed E-state index contributed by atoms with van der Waals surface area (Å²) in [5.74, 6) is -0.773. The van der Waals surface area contributed by atoms with Gasteiger partial charge in [0.05, 0.1) is 5.69 Å². The van der Waals surface area contributed by atoms with Crippen LogP contribution in [0.4, 0.5) is 0 Å². The molecule has 20 heavy (non-hydrogen) atoms. The van der Waals surface area contributed by atoms with Crippen molar-refractivity contribution >= 4 is 5.97 Å². The molecule has 1 fully saturated rings. The minimum atomic E-state index is -0.773. The first-order valence-electron chi connectivity index (χ1n) is 7.31. The third-order valence-electron chi connectivity index (χ3n) is 3.85. The molecule has 0 radical (unpaired) electrons. The van der Waals surface area contributed by atoms with Crippen LogP contribution in [-0.2, 0) is 17.3 Å². The van der Waals surface area contributed by atoms with Crippen LogP contribution < -0.4 is 0 Å². The first-order valence-corrected chi connectivity index (χ1v) is 7.31. The number of rotatable bonds is 3. The molecular formula is C15H25N3O2. The number of piperidine rings is 1. The zero-order valence-electron chi connectivity index (χ0n) is 12.9. The fourth-order valence-corrected chi connectivity index (χ4v) is 2.95. The number of hydrogen-bond acceptors (Lipinski definition) is 3. The molecule has 1 atom stereocenters. The van der Waals surface area contributed by atoms with E-state index < -0.39 is 12.0 Å². The molecule has 0 saturated carbocycles. The van der Waals surface area contributed by atoms with Gasteiger partial charge in [0.25, 0.3) is 0 Å². The normalized spacial score (nSPS) is 19.0. The van der Waals surface area contributed by atoms with Crippen LogP contribution in [0.3, 0.4) is 0 Å². The number of aryl methyl sites for hydroxylation is 1. The van der Waals surface area contributed by atoms with Gasteiger partial charge in [0.2, 0.25) is 0 Å². The Hall–Kier alpha value is -1.36. The third kappa shape index (κ3) is 3.03. The molecule has 1 N–H and O–H groups in total. The van der Waals surface area contributed by atoms with E-state index >= 15 is 0 Å². The van der Waals surface area contributed by atoms with Crippen molar-refractivity contribution in [1.82, 2.24) is 14.7 Å². The van der Waals surface area contributed by atoms with Crippen molar-refractivity contribution in [3.05, 3.63) is 17.5 Å². The van der Waals surface area contributed by atoms with Crippen LogP contribution in [-0.4, -0.2) is 38.8 Å². The van der Waals surface area contributed by atoms with Crippen molar-refractivity contribution in [2.24, 2.45) is 7.05 Å². The number of likely N-dealkylation sites (tertiary alicyclic amines) is 1. The van der Waals surface area contributed by atoms with Crippen molar-refractivity contribution in [3.8, 4) is 0 Å². The average molecular weight is 279 g/mol. The van der Waals surface area contributed by atoms with Crippen molar-refractivity contribution in [2.75, 3.05) is 13.1 Å². The van der Waals surface area contributed by atoms with E-state index in [1.807, 2.05) is 13.2 Å². The molecule has 5 heteroatoms. The number of nitrogens with zero attached hydrogens (tertiary/aromatic N) is 3. The highest BCUT2D eigenvalue weighted by atomic mass is 16.4. The molecule has 1 aliphatic heterocycles. The van der Waals surface area contributed by atoms with Gasteiger partial charge in [0.1, 0.15) is 6.04 Å². The number of carbonyl (C=O) groups is 1. The van der Waals surface area contributed by atoms with Crippen LogP contribution in [0.2, 0.25) is 0 Å². The summed E-state index contributed by atoms with van der Waals surface area (Å²) in [6, 6.07) is -0.571. The second kappa shape index (κ2) is 5.56. The lowest BCUT2D eigenvalue weighted by Crippen LogP contribution is -2.38. The highest BCUT2D eigenvalue weighted by Crippen LogP contribution is 2.32. The predicted octanol–water partition coefficient (Wildman–Crippen LogP) is 2.33. The summed E-state index contributed by atoms with van der Waals surface area (Å²) >= 11 is 0.